The Hall–Kier alpha value is -1.34. The number of halogens is 4. The summed E-state index contributed by atoms with van der Waals surface area (Å²) in [6, 6.07) is 3.33. The molecule has 3 rings (SSSR count). The van der Waals surface area contributed by atoms with E-state index < -0.39 is 12.8 Å². The second-order valence-corrected chi connectivity index (χ2v) is 6.68. The summed E-state index contributed by atoms with van der Waals surface area (Å²) in [5.74, 6) is 0.610. The summed E-state index contributed by atoms with van der Waals surface area (Å²) >= 11 is 0. The van der Waals surface area contributed by atoms with E-state index in [2.05, 4.69) is 20.2 Å². The van der Waals surface area contributed by atoms with E-state index >= 15 is 0 Å². The number of aliphatic imine (C=N–C) groups is 1. The zero-order valence-corrected chi connectivity index (χ0v) is 18.5. The lowest BCUT2D eigenvalue weighted by molar-refractivity contribution is -0.154. The number of nitrogens with one attached hydrogen (secondary N) is 1. The van der Waals surface area contributed by atoms with Crippen molar-refractivity contribution in [3.63, 3.8) is 0 Å². The predicted molar refractivity (Wildman–Crippen MR) is 112 cm³/mol. The Morgan fingerprint density at radius 3 is 2.83 bits per heavy atom. The molecule has 3 heterocycles. The quantitative estimate of drug-likeness (QED) is 0.359. The van der Waals surface area contributed by atoms with Crippen molar-refractivity contribution >= 4 is 29.9 Å². The Bertz CT molecular complexity index is 672. The lowest BCUT2D eigenvalue weighted by Crippen LogP contribution is -2.53. The van der Waals surface area contributed by atoms with Gasteiger partial charge in [0.25, 0.3) is 0 Å². The Morgan fingerprint density at radius 2 is 2.14 bits per heavy atom. The molecule has 2 unspecified atom stereocenters. The van der Waals surface area contributed by atoms with Crippen LogP contribution in [0.5, 0.6) is 5.88 Å². The second-order valence-electron chi connectivity index (χ2n) is 6.68. The highest BCUT2D eigenvalue weighted by molar-refractivity contribution is 14.0. The van der Waals surface area contributed by atoms with Gasteiger partial charge >= 0.3 is 6.18 Å². The number of hydrogen-bond donors (Lipinski definition) is 1. The highest BCUT2D eigenvalue weighted by Gasteiger charge is 2.32. The van der Waals surface area contributed by atoms with Gasteiger partial charge in [0.05, 0.1) is 12.7 Å². The van der Waals surface area contributed by atoms with E-state index in [1.807, 2.05) is 0 Å². The van der Waals surface area contributed by atoms with E-state index in [4.69, 9.17) is 14.2 Å². The maximum absolute atomic E-state index is 12.4. The van der Waals surface area contributed by atoms with Gasteiger partial charge in [-0.25, -0.2) is 4.98 Å². The fourth-order valence-corrected chi connectivity index (χ4v) is 3.33. The first-order chi connectivity index (χ1) is 13.5. The lowest BCUT2D eigenvalue weighted by atomic mass is 10.1. The lowest BCUT2D eigenvalue weighted by Gasteiger charge is -2.37. The number of ether oxygens (including phenoxy) is 3. The summed E-state index contributed by atoms with van der Waals surface area (Å²) in [6.45, 7) is 1.52. The van der Waals surface area contributed by atoms with Gasteiger partial charge in [-0.2, -0.15) is 13.2 Å². The van der Waals surface area contributed by atoms with Gasteiger partial charge in [0.2, 0.25) is 5.88 Å². The van der Waals surface area contributed by atoms with Crippen molar-refractivity contribution in [2.45, 2.75) is 37.8 Å². The summed E-state index contributed by atoms with van der Waals surface area (Å²) in [6.07, 6.45) is -0.901. The molecule has 164 valence electrons. The van der Waals surface area contributed by atoms with Crippen LogP contribution in [0.15, 0.2) is 23.3 Å². The number of morpholine rings is 1. The highest BCUT2D eigenvalue weighted by atomic mass is 127. The van der Waals surface area contributed by atoms with Crippen molar-refractivity contribution in [3.8, 4) is 5.88 Å². The largest absolute Gasteiger partial charge is 0.468 e. The molecule has 29 heavy (non-hydrogen) atoms. The first kappa shape index (κ1) is 23.9. The molecule has 11 heteroatoms. The van der Waals surface area contributed by atoms with Crippen molar-refractivity contribution in [3.05, 3.63) is 23.9 Å². The molecule has 0 aliphatic carbocycles. The first-order valence-corrected chi connectivity index (χ1v) is 9.28. The molecular weight excluding hydrogens is 504 g/mol. The summed E-state index contributed by atoms with van der Waals surface area (Å²) in [5, 5.41) is 3.18. The molecule has 2 aliphatic rings. The van der Waals surface area contributed by atoms with E-state index in [1.54, 1.807) is 19.2 Å². The molecule has 0 spiro atoms. The van der Waals surface area contributed by atoms with Gasteiger partial charge in [-0.05, 0) is 18.9 Å². The van der Waals surface area contributed by atoms with E-state index in [9.17, 15) is 13.2 Å². The number of nitrogens with zero attached hydrogens (tertiary/aromatic N) is 3. The molecule has 0 amide bonds. The Balaban J connectivity index is 0.00000300. The summed E-state index contributed by atoms with van der Waals surface area (Å²) < 4.78 is 53.7. The van der Waals surface area contributed by atoms with Gasteiger partial charge in [0, 0.05) is 45.0 Å². The van der Waals surface area contributed by atoms with Crippen molar-refractivity contribution < 1.29 is 27.4 Å². The molecule has 0 bridgehead atoms. The maximum Gasteiger partial charge on any atom is 0.422 e. The molecule has 2 saturated heterocycles. The minimum absolute atomic E-state index is 0. The zero-order valence-electron chi connectivity index (χ0n) is 16.2. The number of aromatic nitrogens is 1. The van der Waals surface area contributed by atoms with Crippen molar-refractivity contribution in [2.24, 2.45) is 4.99 Å². The van der Waals surface area contributed by atoms with Crippen LogP contribution in [0.1, 0.15) is 18.4 Å². The second kappa shape index (κ2) is 11.2. The molecule has 2 atom stereocenters. The van der Waals surface area contributed by atoms with Gasteiger partial charge in [0.15, 0.2) is 12.6 Å². The SMILES string of the molecule is CN=C(NCc1cccnc1OCC(F)(F)F)N1CCOC(C2CCCO2)C1.I. The van der Waals surface area contributed by atoms with Gasteiger partial charge in [-0.1, -0.05) is 6.07 Å². The molecule has 1 aromatic rings. The molecule has 0 saturated carbocycles. The van der Waals surface area contributed by atoms with Gasteiger partial charge in [-0.15, -0.1) is 24.0 Å². The van der Waals surface area contributed by atoms with Crippen LogP contribution in [0, 0.1) is 0 Å². The third-order valence-electron chi connectivity index (χ3n) is 4.64. The molecular formula is C18H26F3IN4O3. The third kappa shape index (κ3) is 7.14. The molecule has 0 aromatic carbocycles. The van der Waals surface area contributed by atoms with Crippen LogP contribution in [-0.4, -0.2) is 74.2 Å². The van der Waals surface area contributed by atoms with Crippen LogP contribution in [0.2, 0.25) is 0 Å². The topological polar surface area (TPSA) is 68.2 Å². The molecule has 1 aromatic heterocycles. The van der Waals surface area contributed by atoms with Crippen LogP contribution < -0.4 is 10.1 Å². The van der Waals surface area contributed by atoms with E-state index in [0.717, 1.165) is 19.4 Å². The van der Waals surface area contributed by atoms with Gasteiger partial charge in [-0.3, -0.25) is 4.99 Å². The fraction of sp³-hybridized carbons (Fsp3) is 0.667. The number of rotatable bonds is 5. The fourth-order valence-electron chi connectivity index (χ4n) is 3.33. The zero-order chi connectivity index (χ0) is 20.0. The van der Waals surface area contributed by atoms with E-state index in [1.165, 1.54) is 6.20 Å². The summed E-state index contributed by atoms with van der Waals surface area (Å²) in [5.41, 5.74) is 0.525. The average Bonchev–Trinajstić information content (AvgIpc) is 3.22. The first-order valence-electron chi connectivity index (χ1n) is 9.28. The normalized spacial score (nSPS) is 22.9. The Labute approximate surface area is 185 Å². The Morgan fingerprint density at radius 1 is 1.34 bits per heavy atom. The van der Waals surface area contributed by atoms with Crippen molar-refractivity contribution in [1.82, 2.24) is 15.2 Å². The minimum atomic E-state index is -4.41. The molecule has 0 radical (unpaired) electrons. The number of hydrogen-bond acceptors (Lipinski definition) is 5. The monoisotopic (exact) mass is 530 g/mol. The van der Waals surface area contributed by atoms with E-state index in [-0.39, 0.29) is 48.6 Å². The van der Waals surface area contributed by atoms with Crippen LogP contribution in [0.3, 0.4) is 0 Å². The molecule has 7 nitrogen and oxygen atoms in total. The van der Waals surface area contributed by atoms with E-state index in [0.29, 0.717) is 31.2 Å². The molecule has 2 aliphatic heterocycles. The van der Waals surface area contributed by atoms with Crippen molar-refractivity contribution in [1.29, 1.82) is 0 Å². The maximum atomic E-state index is 12.4. The summed E-state index contributed by atoms with van der Waals surface area (Å²) in [4.78, 5) is 10.3. The van der Waals surface area contributed by atoms with Crippen LogP contribution in [0.4, 0.5) is 13.2 Å². The average molecular weight is 530 g/mol. The summed E-state index contributed by atoms with van der Waals surface area (Å²) in [7, 11) is 1.67. The van der Waals surface area contributed by atoms with Gasteiger partial charge < -0.3 is 24.4 Å². The van der Waals surface area contributed by atoms with Crippen LogP contribution >= 0.6 is 24.0 Å². The molecule has 1 N–H and O–H groups in total. The third-order valence-corrected chi connectivity index (χ3v) is 4.64. The standard InChI is InChI=1S/C18H25F3N4O3.HI/c1-22-17(25-7-9-27-15(11-25)14-5-3-8-26-14)24-10-13-4-2-6-23-16(13)28-12-18(19,20)21;/h2,4,6,14-15H,3,5,7-12H2,1H3,(H,22,24);1H. The number of guanidine groups is 1. The minimum Gasteiger partial charge on any atom is -0.468 e. The van der Waals surface area contributed by atoms with Crippen LogP contribution in [0.25, 0.3) is 0 Å². The van der Waals surface area contributed by atoms with Crippen LogP contribution in [-0.2, 0) is 16.0 Å². The smallest absolute Gasteiger partial charge is 0.422 e. The predicted octanol–water partition coefficient (Wildman–Crippen LogP) is 2.60. The molecule has 2 fully saturated rings. The highest BCUT2D eigenvalue weighted by Crippen LogP contribution is 2.22. The van der Waals surface area contributed by atoms with Crippen molar-refractivity contribution in [2.75, 3.05) is 40.0 Å². The number of pyridine rings is 1. The van der Waals surface area contributed by atoms with Gasteiger partial charge in [0.1, 0.15) is 6.10 Å². The Kier molecular flexibility index (Phi) is 9.21. The number of alkyl halides is 3.